The molecule has 5 nitrogen and oxygen atoms in total. The highest BCUT2D eigenvalue weighted by molar-refractivity contribution is 6.00. The van der Waals surface area contributed by atoms with E-state index >= 15 is 0 Å². The molecule has 0 bridgehead atoms. The number of aromatic amines is 1. The number of nitrogens with zero attached hydrogens (tertiary/aromatic N) is 2. The highest BCUT2D eigenvalue weighted by Crippen LogP contribution is 2.33. The Hall–Kier alpha value is -2.40. The Balaban J connectivity index is 1.80. The van der Waals surface area contributed by atoms with Gasteiger partial charge in [-0.25, -0.2) is 4.98 Å². The zero-order valence-electron chi connectivity index (χ0n) is 14.0. The molecule has 1 aromatic carbocycles. The van der Waals surface area contributed by atoms with Crippen LogP contribution in [0.5, 0.6) is 0 Å². The molecular weight excluding hydrogens is 300 g/mol. The van der Waals surface area contributed by atoms with Crippen LogP contribution >= 0.6 is 0 Å². The molecule has 1 aliphatic rings. The molecule has 0 spiro atoms. The van der Waals surface area contributed by atoms with Crippen LogP contribution in [0.1, 0.15) is 31.7 Å². The first-order valence-electron chi connectivity index (χ1n) is 8.50. The monoisotopic (exact) mass is 322 g/mol. The van der Waals surface area contributed by atoms with Crippen LogP contribution in [0.2, 0.25) is 0 Å². The van der Waals surface area contributed by atoms with Gasteiger partial charge in [0.25, 0.3) is 0 Å². The number of pyridine rings is 1. The fraction of sp³-hybridized carbons (Fsp3) is 0.368. The molecule has 24 heavy (non-hydrogen) atoms. The number of hydrogen-bond acceptors (Lipinski definition) is 4. The SMILES string of the molecule is CC(C)Nc1nccc2[nH]nc(-c3cccc(C4CCOC4)c3)c12. The summed E-state index contributed by atoms with van der Waals surface area (Å²) < 4.78 is 5.53. The van der Waals surface area contributed by atoms with E-state index in [0.29, 0.717) is 12.0 Å². The Morgan fingerprint density at radius 3 is 3.00 bits per heavy atom. The summed E-state index contributed by atoms with van der Waals surface area (Å²) in [6, 6.07) is 10.9. The highest BCUT2D eigenvalue weighted by Gasteiger charge is 2.19. The van der Waals surface area contributed by atoms with E-state index in [9.17, 15) is 0 Å². The number of benzene rings is 1. The number of nitrogens with one attached hydrogen (secondary N) is 2. The standard InChI is InChI=1S/C19H22N4O/c1-12(2)21-19-17-16(6-8-20-19)22-23-18(17)14-5-3-4-13(10-14)15-7-9-24-11-15/h3-6,8,10,12,15H,7,9,11H2,1-2H3,(H,20,21)(H,22,23). The zero-order valence-corrected chi connectivity index (χ0v) is 14.0. The third-order valence-corrected chi connectivity index (χ3v) is 4.46. The van der Waals surface area contributed by atoms with E-state index in [4.69, 9.17) is 4.74 Å². The average molecular weight is 322 g/mol. The first-order chi connectivity index (χ1) is 11.7. The quantitative estimate of drug-likeness (QED) is 0.763. The van der Waals surface area contributed by atoms with E-state index in [0.717, 1.165) is 47.6 Å². The molecule has 0 amide bonds. The minimum absolute atomic E-state index is 0.313. The van der Waals surface area contributed by atoms with Crippen LogP contribution in [-0.4, -0.2) is 34.4 Å². The lowest BCUT2D eigenvalue weighted by Crippen LogP contribution is -2.11. The first kappa shape index (κ1) is 15.1. The number of hydrogen-bond donors (Lipinski definition) is 2. The van der Waals surface area contributed by atoms with Crippen LogP contribution in [-0.2, 0) is 4.74 Å². The van der Waals surface area contributed by atoms with Crippen molar-refractivity contribution in [3.8, 4) is 11.3 Å². The van der Waals surface area contributed by atoms with E-state index in [1.807, 2.05) is 6.07 Å². The molecule has 0 saturated carbocycles. The maximum absolute atomic E-state index is 5.53. The minimum atomic E-state index is 0.313. The third kappa shape index (κ3) is 2.76. The summed E-state index contributed by atoms with van der Waals surface area (Å²) in [4.78, 5) is 4.51. The van der Waals surface area contributed by atoms with E-state index in [2.05, 4.69) is 58.6 Å². The van der Waals surface area contributed by atoms with Gasteiger partial charge in [-0.1, -0.05) is 18.2 Å². The van der Waals surface area contributed by atoms with Crippen LogP contribution in [0.25, 0.3) is 22.2 Å². The van der Waals surface area contributed by atoms with Crippen molar-refractivity contribution in [1.82, 2.24) is 15.2 Å². The number of rotatable bonds is 4. The average Bonchev–Trinajstić information content (AvgIpc) is 3.25. The predicted octanol–water partition coefficient (Wildman–Crippen LogP) is 3.95. The minimum Gasteiger partial charge on any atom is -0.381 e. The summed E-state index contributed by atoms with van der Waals surface area (Å²) in [6.45, 7) is 5.89. The molecule has 5 heteroatoms. The van der Waals surface area contributed by atoms with Crippen molar-refractivity contribution in [3.05, 3.63) is 42.1 Å². The largest absolute Gasteiger partial charge is 0.381 e. The molecule has 0 radical (unpaired) electrons. The number of aromatic nitrogens is 3. The van der Waals surface area contributed by atoms with E-state index in [1.165, 1.54) is 5.56 Å². The highest BCUT2D eigenvalue weighted by atomic mass is 16.5. The maximum atomic E-state index is 5.53. The van der Waals surface area contributed by atoms with Crippen molar-refractivity contribution in [2.45, 2.75) is 32.2 Å². The van der Waals surface area contributed by atoms with Gasteiger partial charge in [-0.05, 0) is 38.0 Å². The molecule has 4 rings (SSSR count). The van der Waals surface area contributed by atoms with Gasteiger partial charge in [0.1, 0.15) is 11.5 Å². The van der Waals surface area contributed by atoms with Crippen molar-refractivity contribution >= 4 is 16.7 Å². The van der Waals surface area contributed by atoms with Gasteiger partial charge < -0.3 is 10.1 Å². The molecule has 1 atom stereocenters. The number of ether oxygens (including phenoxy) is 1. The van der Waals surface area contributed by atoms with Crippen molar-refractivity contribution in [1.29, 1.82) is 0 Å². The van der Waals surface area contributed by atoms with Gasteiger partial charge in [0, 0.05) is 30.3 Å². The molecule has 1 unspecified atom stereocenters. The zero-order chi connectivity index (χ0) is 16.5. The Morgan fingerprint density at radius 2 is 2.21 bits per heavy atom. The van der Waals surface area contributed by atoms with Gasteiger partial charge in [-0.2, -0.15) is 5.10 Å². The first-order valence-corrected chi connectivity index (χ1v) is 8.50. The summed E-state index contributed by atoms with van der Waals surface area (Å²) in [7, 11) is 0. The molecule has 2 N–H and O–H groups in total. The van der Waals surface area contributed by atoms with Gasteiger partial charge in [0.2, 0.25) is 0 Å². The topological polar surface area (TPSA) is 62.8 Å². The summed E-state index contributed by atoms with van der Waals surface area (Å²) in [5, 5.41) is 12.2. The van der Waals surface area contributed by atoms with Crippen molar-refractivity contribution in [3.63, 3.8) is 0 Å². The molecule has 1 aliphatic heterocycles. The summed E-state index contributed by atoms with van der Waals surface area (Å²) in [5.41, 5.74) is 4.38. The van der Waals surface area contributed by atoms with Crippen molar-refractivity contribution in [2.75, 3.05) is 18.5 Å². The van der Waals surface area contributed by atoms with Crippen LogP contribution in [0.3, 0.4) is 0 Å². The van der Waals surface area contributed by atoms with Gasteiger partial charge in [-0.15, -0.1) is 0 Å². The predicted molar refractivity (Wildman–Crippen MR) is 96.3 cm³/mol. The van der Waals surface area contributed by atoms with Gasteiger partial charge >= 0.3 is 0 Å². The van der Waals surface area contributed by atoms with Gasteiger partial charge in [-0.3, -0.25) is 5.10 Å². The second-order valence-electron chi connectivity index (χ2n) is 6.64. The fourth-order valence-corrected chi connectivity index (χ4v) is 3.30. The van der Waals surface area contributed by atoms with E-state index < -0.39 is 0 Å². The number of anilines is 1. The summed E-state index contributed by atoms with van der Waals surface area (Å²) >= 11 is 0. The second kappa shape index (κ2) is 6.24. The number of H-pyrrole nitrogens is 1. The maximum Gasteiger partial charge on any atom is 0.137 e. The molecule has 1 fully saturated rings. The van der Waals surface area contributed by atoms with Crippen molar-refractivity contribution < 1.29 is 4.74 Å². The van der Waals surface area contributed by atoms with Crippen LogP contribution in [0.4, 0.5) is 5.82 Å². The Morgan fingerprint density at radius 1 is 1.29 bits per heavy atom. The molecule has 2 aromatic heterocycles. The summed E-state index contributed by atoms with van der Waals surface area (Å²) in [6.07, 6.45) is 2.90. The van der Waals surface area contributed by atoms with Gasteiger partial charge in [0.05, 0.1) is 17.5 Å². The Kier molecular flexibility index (Phi) is 3.94. The molecule has 3 aromatic rings. The molecular formula is C19H22N4O. The fourth-order valence-electron chi connectivity index (χ4n) is 3.30. The molecule has 124 valence electrons. The normalized spacial score (nSPS) is 17.7. The molecule has 0 aliphatic carbocycles. The lowest BCUT2D eigenvalue weighted by Gasteiger charge is -2.12. The summed E-state index contributed by atoms with van der Waals surface area (Å²) in [5.74, 6) is 1.36. The van der Waals surface area contributed by atoms with Crippen LogP contribution in [0.15, 0.2) is 36.5 Å². The van der Waals surface area contributed by atoms with E-state index in [1.54, 1.807) is 6.20 Å². The van der Waals surface area contributed by atoms with Crippen LogP contribution in [0, 0.1) is 0 Å². The molecule has 1 saturated heterocycles. The lowest BCUT2D eigenvalue weighted by molar-refractivity contribution is 0.194. The van der Waals surface area contributed by atoms with E-state index in [-0.39, 0.29) is 0 Å². The van der Waals surface area contributed by atoms with Crippen molar-refractivity contribution in [2.24, 2.45) is 0 Å². The lowest BCUT2D eigenvalue weighted by atomic mass is 9.95. The Labute approximate surface area is 141 Å². The number of fused-ring (bicyclic) bond motifs is 1. The smallest absolute Gasteiger partial charge is 0.137 e. The van der Waals surface area contributed by atoms with Crippen LogP contribution < -0.4 is 5.32 Å². The van der Waals surface area contributed by atoms with Gasteiger partial charge in [0.15, 0.2) is 0 Å². The third-order valence-electron chi connectivity index (χ3n) is 4.46. The Bertz CT molecular complexity index is 849. The molecule has 3 heterocycles. The second-order valence-corrected chi connectivity index (χ2v) is 6.64.